The Balaban J connectivity index is 2.64. The predicted molar refractivity (Wildman–Crippen MR) is 68.5 cm³/mol. The maximum Gasteiger partial charge on any atom is -0.0318 e. The van der Waals surface area contributed by atoms with E-state index < -0.39 is 0 Å². The van der Waals surface area contributed by atoms with Crippen molar-refractivity contribution in [2.24, 2.45) is 35.5 Å². The number of hydrogen-bond acceptors (Lipinski definition) is 0. The van der Waals surface area contributed by atoms with Crippen LogP contribution in [0.2, 0.25) is 0 Å². The van der Waals surface area contributed by atoms with Gasteiger partial charge in [-0.05, 0) is 54.8 Å². The smallest absolute Gasteiger partial charge is 0.0318 e. The van der Waals surface area contributed by atoms with E-state index in [1.807, 2.05) is 0 Å². The van der Waals surface area contributed by atoms with Gasteiger partial charge in [-0.3, -0.25) is 0 Å². The average molecular weight is 209 g/mol. The molecule has 0 N–H and O–H groups in total. The SMILES string of the molecule is CC(C)C1[CH]C(C(C)C)CC(C(C)C)C1. The summed E-state index contributed by atoms with van der Waals surface area (Å²) in [5.41, 5.74) is 0. The summed E-state index contributed by atoms with van der Waals surface area (Å²) in [7, 11) is 0. The standard InChI is InChI=1S/C15H29/c1-10(2)13-7-14(11(3)4)9-15(8-13)12(5)6/h7,10-15H,8-9H2,1-6H3. The molecule has 0 aromatic carbocycles. The van der Waals surface area contributed by atoms with Crippen LogP contribution in [-0.4, -0.2) is 0 Å². The molecule has 1 aliphatic carbocycles. The Hall–Kier alpha value is 0. The molecule has 0 spiro atoms. The second-order valence-corrected chi connectivity index (χ2v) is 6.48. The molecule has 2 atom stereocenters. The molecule has 1 radical (unpaired) electrons. The van der Waals surface area contributed by atoms with Crippen LogP contribution < -0.4 is 0 Å². The molecule has 1 saturated carbocycles. The Bertz CT molecular complexity index is 139. The molecule has 0 aromatic heterocycles. The lowest BCUT2D eigenvalue weighted by atomic mass is 9.65. The molecular formula is C15H29. The largest absolute Gasteiger partial charge is 0.0625 e. The lowest BCUT2D eigenvalue weighted by Crippen LogP contribution is -2.31. The third-order valence-corrected chi connectivity index (χ3v) is 4.30. The monoisotopic (exact) mass is 209 g/mol. The van der Waals surface area contributed by atoms with Crippen molar-refractivity contribution in [3.05, 3.63) is 6.42 Å². The van der Waals surface area contributed by atoms with E-state index in [1.54, 1.807) is 0 Å². The van der Waals surface area contributed by atoms with Crippen molar-refractivity contribution in [3.8, 4) is 0 Å². The Labute approximate surface area is 96.8 Å². The van der Waals surface area contributed by atoms with Crippen molar-refractivity contribution < 1.29 is 0 Å². The van der Waals surface area contributed by atoms with Gasteiger partial charge >= 0.3 is 0 Å². The fourth-order valence-electron chi connectivity index (χ4n) is 2.80. The normalized spacial score (nSPS) is 33.0. The quantitative estimate of drug-likeness (QED) is 0.626. The summed E-state index contributed by atoms with van der Waals surface area (Å²) < 4.78 is 0. The fraction of sp³-hybridized carbons (Fsp3) is 0.933. The molecule has 0 aliphatic heterocycles. The highest BCUT2D eigenvalue weighted by molar-refractivity contribution is 4.94. The van der Waals surface area contributed by atoms with Gasteiger partial charge < -0.3 is 0 Å². The molecule has 15 heavy (non-hydrogen) atoms. The van der Waals surface area contributed by atoms with Gasteiger partial charge in [0.25, 0.3) is 0 Å². The van der Waals surface area contributed by atoms with E-state index in [0.29, 0.717) is 0 Å². The average Bonchev–Trinajstić information content (AvgIpc) is 2.16. The van der Waals surface area contributed by atoms with Crippen LogP contribution in [0.25, 0.3) is 0 Å². The minimum Gasteiger partial charge on any atom is -0.0625 e. The van der Waals surface area contributed by atoms with Crippen LogP contribution in [0.4, 0.5) is 0 Å². The Morgan fingerprint density at radius 3 is 1.40 bits per heavy atom. The zero-order chi connectivity index (χ0) is 11.6. The molecule has 0 saturated heterocycles. The molecule has 0 amide bonds. The number of rotatable bonds is 3. The Kier molecular flexibility index (Phi) is 4.67. The van der Waals surface area contributed by atoms with Crippen molar-refractivity contribution in [2.45, 2.75) is 54.4 Å². The van der Waals surface area contributed by atoms with Crippen molar-refractivity contribution in [1.82, 2.24) is 0 Å². The van der Waals surface area contributed by atoms with E-state index in [0.717, 1.165) is 35.5 Å². The molecule has 1 rings (SSSR count). The zero-order valence-electron chi connectivity index (χ0n) is 11.5. The lowest BCUT2D eigenvalue weighted by molar-refractivity contribution is 0.157. The minimum atomic E-state index is 0.827. The van der Waals surface area contributed by atoms with Crippen LogP contribution in [0.1, 0.15) is 54.4 Å². The predicted octanol–water partition coefficient (Wildman–Crippen LogP) is 4.80. The van der Waals surface area contributed by atoms with Crippen LogP contribution in [0, 0.1) is 41.9 Å². The van der Waals surface area contributed by atoms with Crippen LogP contribution in [0.3, 0.4) is 0 Å². The molecule has 2 unspecified atom stereocenters. The summed E-state index contributed by atoms with van der Waals surface area (Å²) in [5, 5.41) is 0. The van der Waals surface area contributed by atoms with E-state index in [-0.39, 0.29) is 0 Å². The van der Waals surface area contributed by atoms with E-state index >= 15 is 0 Å². The third kappa shape index (κ3) is 3.50. The van der Waals surface area contributed by atoms with E-state index in [1.165, 1.54) is 12.8 Å². The van der Waals surface area contributed by atoms with Gasteiger partial charge in [0, 0.05) is 0 Å². The topological polar surface area (TPSA) is 0 Å². The molecule has 1 fully saturated rings. The molecular weight excluding hydrogens is 180 g/mol. The Morgan fingerprint density at radius 2 is 1.13 bits per heavy atom. The first-order chi connectivity index (χ1) is 6.91. The maximum absolute atomic E-state index is 2.66. The molecule has 89 valence electrons. The van der Waals surface area contributed by atoms with Crippen LogP contribution in [0.5, 0.6) is 0 Å². The molecule has 0 bridgehead atoms. The summed E-state index contributed by atoms with van der Waals surface area (Å²) in [6.45, 7) is 14.3. The van der Waals surface area contributed by atoms with Crippen LogP contribution in [0.15, 0.2) is 0 Å². The van der Waals surface area contributed by atoms with Crippen molar-refractivity contribution in [1.29, 1.82) is 0 Å². The van der Waals surface area contributed by atoms with E-state index in [2.05, 4.69) is 48.0 Å². The van der Waals surface area contributed by atoms with Gasteiger partial charge in [-0.25, -0.2) is 0 Å². The highest BCUT2D eigenvalue weighted by atomic mass is 14.4. The van der Waals surface area contributed by atoms with Crippen LogP contribution in [-0.2, 0) is 0 Å². The summed E-state index contributed by atoms with van der Waals surface area (Å²) in [4.78, 5) is 0. The molecule has 0 heterocycles. The highest BCUT2D eigenvalue weighted by Crippen LogP contribution is 2.42. The summed E-state index contributed by atoms with van der Waals surface area (Å²) in [6.07, 6.45) is 5.52. The first kappa shape index (κ1) is 13.1. The van der Waals surface area contributed by atoms with Gasteiger partial charge in [-0.15, -0.1) is 0 Å². The van der Waals surface area contributed by atoms with Gasteiger partial charge in [0.15, 0.2) is 0 Å². The van der Waals surface area contributed by atoms with E-state index in [9.17, 15) is 0 Å². The number of hydrogen-bond donors (Lipinski definition) is 0. The van der Waals surface area contributed by atoms with Crippen molar-refractivity contribution >= 4 is 0 Å². The zero-order valence-corrected chi connectivity index (χ0v) is 11.5. The Morgan fingerprint density at radius 1 is 0.733 bits per heavy atom. The summed E-state index contributed by atoms with van der Waals surface area (Å²) in [5.74, 6) is 5.19. The molecule has 0 heteroatoms. The first-order valence-electron chi connectivity index (χ1n) is 6.76. The van der Waals surface area contributed by atoms with E-state index in [4.69, 9.17) is 0 Å². The van der Waals surface area contributed by atoms with Gasteiger partial charge in [0.2, 0.25) is 0 Å². The van der Waals surface area contributed by atoms with Crippen molar-refractivity contribution in [2.75, 3.05) is 0 Å². The fourth-order valence-corrected chi connectivity index (χ4v) is 2.80. The van der Waals surface area contributed by atoms with Crippen LogP contribution >= 0.6 is 0 Å². The highest BCUT2D eigenvalue weighted by Gasteiger charge is 2.33. The van der Waals surface area contributed by atoms with Gasteiger partial charge in [0.05, 0.1) is 0 Å². The summed E-state index contributed by atoms with van der Waals surface area (Å²) >= 11 is 0. The minimum absolute atomic E-state index is 0.827. The maximum atomic E-state index is 2.66. The van der Waals surface area contributed by atoms with Gasteiger partial charge in [-0.2, -0.15) is 0 Å². The third-order valence-electron chi connectivity index (χ3n) is 4.30. The van der Waals surface area contributed by atoms with Gasteiger partial charge in [-0.1, -0.05) is 41.5 Å². The second-order valence-electron chi connectivity index (χ2n) is 6.48. The van der Waals surface area contributed by atoms with Crippen molar-refractivity contribution in [3.63, 3.8) is 0 Å². The second kappa shape index (κ2) is 5.37. The lowest BCUT2D eigenvalue weighted by Gasteiger charge is -2.40. The molecule has 0 aromatic rings. The summed E-state index contributed by atoms with van der Waals surface area (Å²) in [6, 6.07) is 0. The molecule has 1 aliphatic rings. The molecule has 0 nitrogen and oxygen atoms in total. The first-order valence-corrected chi connectivity index (χ1v) is 6.76. The van der Waals surface area contributed by atoms with Gasteiger partial charge in [0.1, 0.15) is 0 Å².